The molecule has 2 aliphatic heterocycles. The molecular weight excluding hydrogens is 805 g/mol. The highest BCUT2D eigenvalue weighted by Crippen LogP contribution is 2.37. The van der Waals surface area contributed by atoms with Crippen LogP contribution < -0.4 is 52.9 Å². The fourth-order valence-electron chi connectivity index (χ4n) is 6.61. The zero-order valence-corrected chi connectivity index (χ0v) is 33.1. The van der Waals surface area contributed by atoms with Gasteiger partial charge in [0.05, 0.1) is 0 Å². The molecule has 2 aliphatic rings. The van der Waals surface area contributed by atoms with Crippen molar-refractivity contribution in [1.82, 2.24) is 9.97 Å². The van der Waals surface area contributed by atoms with Gasteiger partial charge in [0.2, 0.25) is 0 Å². The van der Waals surface area contributed by atoms with E-state index >= 15 is 0 Å². The maximum absolute atomic E-state index is 4.92. The first-order valence-corrected chi connectivity index (χ1v) is 20.2. The molecule has 4 aromatic heterocycles. The summed E-state index contributed by atoms with van der Waals surface area (Å²) in [5.74, 6) is 2.31. The topological polar surface area (TPSA) is 40.0 Å². The van der Waals surface area contributed by atoms with Crippen molar-refractivity contribution < 1.29 is 43.1 Å². The summed E-state index contributed by atoms with van der Waals surface area (Å²) in [6, 6.07) is 22.5. The number of halogens is 2. The predicted octanol–water partition coefficient (Wildman–Crippen LogP) is 2.37. The van der Waals surface area contributed by atoms with Gasteiger partial charge in [-0.05, 0) is 107 Å². The lowest BCUT2D eigenvalue weighted by Crippen LogP contribution is -3.00. The number of anilines is 2. The smallest absolute Gasteiger partial charge is 0.290 e. The molecule has 0 bridgehead atoms. The molecule has 0 unspecified atom stereocenters. The molecule has 48 heavy (non-hydrogen) atoms. The van der Waals surface area contributed by atoms with Crippen LogP contribution in [0.4, 0.5) is 11.6 Å². The number of fused-ring (bicyclic) bond motifs is 2. The molecule has 6 nitrogen and oxygen atoms in total. The normalized spacial score (nSPS) is 15.0. The fraction of sp³-hybridized carbons (Fsp3) is 0.333. The van der Waals surface area contributed by atoms with Gasteiger partial charge in [-0.15, -0.1) is 22.7 Å². The van der Waals surface area contributed by atoms with E-state index in [2.05, 4.69) is 90.4 Å². The van der Waals surface area contributed by atoms with Gasteiger partial charge in [-0.25, -0.2) is 9.13 Å². The molecular formula is C36H38Br2N6S4. The van der Waals surface area contributed by atoms with Gasteiger partial charge < -0.3 is 43.8 Å². The number of nitrogens with zero attached hydrogens (tertiary/aromatic N) is 6. The van der Waals surface area contributed by atoms with Crippen LogP contribution in [-0.4, -0.2) is 36.1 Å². The van der Waals surface area contributed by atoms with Crippen LogP contribution in [0.5, 0.6) is 0 Å². The van der Waals surface area contributed by atoms with Crippen molar-refractivity contribution in [3.63, 3.8) is 0 Å². The zero-order valence-electron chi connectivity index (χ0n) is 26.6. The van der Waals surface area contributed by atoms with Gasteiger partial charge >= 0.3 is 0 Å². The summed E-state index contributed by atoms with van der Waals surface area (Å²) in [7, 11) is 3.63. The van der Waals surface area contributed by atoms with Gasteiger partial charge in [0.15, 0.2) is 9.66 Å². The third kappa shape index (κ3) is 7.89. The van der Waals surface area contributed by atoms with Crippen LogP contribution in [0.15, 0.2) is 93.9 Å². The van der Waals surface area contributed by atoms with Crippen molar-refractivity contribution in [3.05, 3.63) is 95.2 Å². The standard InChI is InChI=1S/C36H38N6S4.2BrH/c1-3-17-39(18-4-1)33-31-15-21-43-35(31)41(25-37-33)23-27-7-11-29(12-8-27)45-46-30-13-9-28(10-14-30)24-42-26-38-34(32-16-22-44-36(32)42)40-19-5-2-6-20-40;;/h7-16,21-22,25-26H,1-6,17-20,23-24H2;2*1H/q+2;;/p-2. The lowest BCUT2D eigenvalue weighted by molar-refractivity contribution is -0.663. The Bertz CT molecular complexity index is 1790. The molecule has 2 saturated heterocycles. The van der Waals surface area contributed by atoms with Crippen molar-refractivity contribution in [2.24, 2.45) is 0 Å². The molecule has 0 atom stereocenters. The molecule has 6 heterocycles. The van der Waals surface area contributed by atoms with Crippen LogP contribution in [-0.2, 0) is 13.1 Å². The largest absolute Gasteiger partial charge is 1.00 e. The Balaban J connectivity index is 0.00000201. The molecule has 0 amide bonds. The number of aromatic nitrogens is 4. The summed E-state index contributed by atoms with van der Waals surface area (Å²) in [5.41, 5.74) is 2.59. The zero-order chi connectivity index (χ0) is 30.7. The molecule has 2 aromatic carbocycles. The predicted molar refractivity (Wildman–Crippen MR) is 195 cm³/mol. The molecule has 0 spiro atoms. The molecule has 0 radical (unpaired) electrons. The van der Waals surface area contributed by atoms with Crippen LogP contribution in [0.1, 0.15) is 49.7 Å². The van der Waals surface area contributed by atoms with Crippen molar-refractivity contribution in [2.75, 3.05) is 36.0 Å². The average molecular weight is 843 g/mol. The summed E-state index contributed by atoms with van der Waals surface area (Å²) in [4.78, 5) is 19.9. The Morgan fingerprint density at radius 1 is 0.542 bits per heavy atom. The maximum atomic E-state index is 4.92. The maximum Gasteiger partial charge on any atom is 0.290 e. The third-order valence-electron chi connectivity index (χ3n) is 9.03. The van der Waals surface area contributed by atoms with Gasteiger partial charge in [-0.3, -0.25) is 0 Å². The minimum atomic E-state index is 0. The second-order valence-electron chi connectivity index (χ2n) is 12.2. The molecule has 8 rings (SSSR count). The monoisotopic (exact) mass is 840 g/mol. The van der Waals surface area contributed by atoms with E-state index in [-0.39, 0.29) is 34.0 Å². The van der Waals surface area contributed by atoms with Gasteiger partial charge in [-0.1, -0.05) is 45.9 Å². The molecule has 12 heteroatoms. The first-order valence-electron chi connectivity index (χ1n) is 16.3. The van der Waals surface area contributed by atoms with Crippen LogP contribution in [0.25, 0.3) is 20.4 Å². The lowest BCUT2D eigenvalue weighted by Gasteiger charge is -2.25. The number of thiophene rings is 2. The van der Waals surface area contributed by atoms with E-state index < -0.39 is 0 Å². The number of rotatable bonds is 9. The van der Waals surface area contributed by atoms with Gasteiger partial charge in [0, 0.05) is 36.0 Å². The highest BCUT2D eigenvalue weighted by molar-refractivity contribution is 8.76. The highest BCUT2D eigenvalue weighted by atomic mass is 79.9. The summed E-state index contributed by atoms with van der Waals surface area (Å²) in [5, 5.41) is 6.96. The van der Waals surface area contributed by atoms with E-state index in [1.54, 1.807) is 0 Å². The average Bonchev–Trinajstić information content (AvgIpc) is 3.81. The second kappa shape index (κ2) is 16.7. The molecule has 6 aromatic rings. The molecule has 0 aliphatic carbocycles. The summed E-state index contributed by atoms with van der Waals surface area (Å²) in [6.07, 6.45) is 11.8. The first kappa shape index (κ1) is 35.6. The van der Waals surface area contributed by atoms with E-state index in [4.69, 9.17) is 9.97 Å². The van der Waals surface area contributed by atoms with E-state index in [1.807, 2.05) is 56.9 Å². The Hall–Kier alpha value is -2.22. The molecule has 2 fully saturated rings. The van der Waals surface area contributed by atoms with E-state index in [0.717, 1.165) is 50.9 Å². The number of benzene rings is 2. The third-order valence-corrected chi connectivity index (χ3v) is 13.3. The van der Waals surface area contributed by atoms with Crippen LogP contribution >= 0.6 is 44.3 Å². The van der Waals surface area contributed by atoms with Crippen molar-refractivity contribution >= 4 is 76.3 Å². The van der Waals surface area contributed by atoms with Crippen LogP contribution in [0, 0.1) is 0 Å². The van der Waals surface area contributed by atoms with Crippen LogP contribution in [0.3, 0.4) is 0 Å². The second-order valence-corrected chi connectivity index (χ2v) is 16.3. The van der Waals surface area contributed by atoms with E-state index in [0.29, 0.717) is 0 Å². The molecule has 0 saturated carbocycles. The van der Waals surface area contributed by atoms with Crippen molar-refractivity contribution in [3.8, 4) is 0 Å². The number of hydrogen-bond acceptors (Lipinski definition) is 8. The molecule has 250 valence electrons. The SMILES string of the molecule is [Br-].[Br-].c1cc2c(N3CCCCC3)nc[n+](Cc3ccc(SSc4ccc(C[n+]5cnc(N6CCCCC6)c6ccsc65)cc4)cc3)c2s1. The summed E-state index contributed by atoms with van der Waals surface area (Å²) >= 11 is 3.62. The Morgan fingerprint density at radius 2 is 0.938 bits per heavy atom. The molecule has 0 N–H and O–H groups in total. The Morgan fingerprint density at radius 3 is 1.33 bits per heavy atom. The Labute approximate surface area is 319 Å². The van der Waals surface area contributed by atoms with Crippen LogP contribution in [0.2, 0.25) is 0 Å². The lowest BCUT2D eigenvalue weighted by atomic mass is 10.1. The van der Waals surface area contributed by atoms with Gasteiger partial charge in [-0.2, -0.15) is 0 Å². The van der Waals surface area contributed by atoms with Crippen molar-refractivity contribution in [1.29, 1.82) is 0 Å². The van der Waals surface area contributed by atoms with E-state index in [1.165, 1.54) is 79.9 Å². The Kier molecular flexibility index (Phi) is 12.4. The first-order chi connectivity index (χ1) is 22.8. The van der Waals surface area contributed by atoms with E-state index in [9.17, 15) is 0 Å². The van der Waals surface area contributed by atoms with Gasteiger partial charge in [0.25, 0.3) is 24.3 Å². The highest BCUT2D eigenvalue weighted by Gasteiger charge is 2.24. The van der Waals surface area contributed by atoms with Crippen molar-refractivity contribution in [2.45, 2.75) is 61.4 Å². The van der Waals surface area contributed by atoms with Gasteiger partial charge in [0.1, 0.15) is 23.9 Å². The number of piperidine rings is 2. The summed E-state index contributed by atoms with van der Waals surface area (Å²) in [6.45, 7) is 6.13. The fourth-order valence-corrected chi connectivity index (χ4v) is 10.3. The minimum absolute atomic E-state index is 0. The minimum Gasteiger partial charge on any atom is -1.00 e. The quantitative estimate of drug-likeness (QED) is 0.165. The summed E-state index contributed by atoms with van der Waals surface area (Å²) < 4.78 is 4.60. The number of hydrogen-bond donors (Lipinski definition) is 0.